The predicted molar refractivity (Wildman–Crippen MR) is 134 cm³/mol. The van der Waals surface area contributed by atoms with Gasteiger partial charge >= 0.3 is 0 Å². The molecule has 7 nitrogen and oxygen atoms in total. The van der Waals surface area contributed by atoms with Crippen LogP contribution < -0.4 is 4.74 Å². The molecule has 2 fully saturated rings. The van der Waals surface area contributed by atoms with Gasteiger partial charge in [0, 0.05) is 31.7 Å². The number of hydrogen-bond acceptors (Lipinski definition) is 6. The van der Waals surface area contributed by atoms with E-state index in [2.05, 4.69) is 18.7 Å². The molecule has 2 saturated heterocycles. The van der Waals surface area contributed by atoms with Gasteiger partial charge in [0.15, 0.2) is 0 Å². The molecule has 1 atom stereocenters. The molecule has 35 heavy (non-hydrogen) atoms. The monoisotopic (exact) mass is 478 g/mol. The van der Waals surface area contributed by atoms with Gasteiger partial charge in [-0.05, 0) is 42.7 Å². The molecule has 2 aliphatic heterocycles. The van der Waals surface area contributed by atoms with Gasteiger partial charge in [-0.3, -0.25) is 14.5 Å². The van der Waals surface area contributed by atoms with E-state index < -0.39 is 17.7 Å². The maximum Gasteiger partial charge on any atom is 0.295 e. The number of carbonyl (C=O) groups excluding carboxylic acids is 2. The van der Waals surface area contributed by atoms with Crippen LogP contribution in [0.2, 0.25) is 0 Å². The Bertz CT molecular complexity index is 1070. The number of Topliss-reactive ketones (excluding diaryl/α,β-unsaturated/α-hetero) is 1. The number of benzene rings is 2. The van der Waals surface area contributed by atoms with Crippen molar-refractivity contribution in [1.29, 1.82) is 0 Å². The summed E-state index contributed by atoms with van der Waals surface area (Å²) in [4.78, 5) is 30.2. The van der Waals surface area contributed by atoms with Crippen molar-refractivity contribution in [2.45, 2.75) is 26.8 Å². The van der Waals surface area contributed by atoms with Gasteiger partial charge in [-0.25, -0.2) is 0 Å². The van der Waals surface area contributed by atoms with E-state index in [1.54, 1.807) is 29.2 Å². The number of rotatable bonds is 8. The molecule has 0 spiro atoms. The lowest BCUT2D eigenvalue weighted by Crippen LogP contribution is -2.42. The number of nitrogens with zero attached hydrogens (tertiary/aromatic N) is 2. The fourth-order valence-corrected chi connectivity index (χ4v) is 4.41. The number of aliphatic hydroxyl groups is 1. The largest absolute Gasteiger partial charge is 0.507 e. The highest BCUT2D eigenvalue weighted by atomic mass is 16.5. The molecule has 4 rings (SSSR count). The minimum atomic E-state index is -0.657. The molecule has 1 N–H and O–H groups in total. The normalized spacial score (nSPS) is 20.6. The van der Waals surface area contributed by atoms with E-state index in [9.17, 15) is 14.7 Å². The van der Waals surface area contributed by atoms with Crippen molar-refractivity contribution in [2.75, 3.05) is 46.0 Å². The fourth-order valence-electron chi connectivity index (χ4n) is 4.41. The maximum atomic E-state index is 13.2. The van der Waals surface area contributed by atoms with Crippen LogP contribution in [0, 0.1) is 12.8 Å². The number of carbonyl (C=O) groups is 2. The van der Waals surface area contributed by atoms with Crippen LogP contribution in [0.3, 0.4) is 0 Å². The Balaban J connectivity index is 1.66. The van der Waals surface area contributed by atoms with Crippen LogP contribution in [-0.4, -0.2) is 72.6 Å². The molecule has 186 valence electrons. The van der Waals surface area contributed by atoms with E-state index in [1.807, 2.05) is 31.2 Å². The number of aliphatic hydroxyl groups excluding tert-OH is 1. The van der Waals surface area contributed by atoms with Crippen molar-refractivity contribution >= 4 is 17.4 Å². The van der Waals surface area contributed by atoms with Crippen LogP contribution in [-0.2, 0) is 14.3 Å². The lowest BCUT2D eigenvalue weighted by atomic mass is 9.94. The number of morpholine rings is 1. The van der Waals surface area contributed by atoms with Gasteiger partial charge < -0.3 is 19.5 Å². The number of likely N-dealkylation sites (tertiary alicyclic amines) is 1. The number of hydrogen-bond donors (Lipinski definition) is 1. The van der Waals surface area contributed by atoms with Gasteiger partial charge in [0.2, 0.25) is 0 Å². The number of ether oxygens (including phenoxy) is 2. The highest BCUT2D eigenvalue weighted by Gasteiger charge is 2.46. The zero-order chi connectivity index (χ0) is 24.9. The Morgan fingerprint density at radius 1 is 1.03 bits per heavy atom. The molecule has 2 heterocycles. The third-order valence-corrected chi connectivity index (χ3v) is 6.40. The molecule has 2 aliphatic rings. The van der Waals surface area contributed by atoms with Crippen LogP contribution in [0.1, 0.15) is 36.6 Å². The van der Waals surface area contributed by atoms with Crippen LogP contribution in [0.25, 0.3) is 5.76 Å². The average Bonchev–Trinajstić information content (AvgIpc) is 3.12. The SMILES string of the molecule is Cc1ccc(C2C(=C(O)c3ccc(OCC(C)C)cc3)C(=O)C(=O)N2CCN2CCOCC2)cc1. The van der Waals surface area contributed by atoms with E-state index >= 15 is 0 Å². The summed E-state index contributed by atoms with van der Waals surface area (Å²) in [7, 11) is 0. The number of aryl methyl sites for hydroxylation is 1. The smallest absolute Gasteiger partial charge is 0.295 e. The third kappa shape index (κ3) is 5.74. The van der Waals surface area contributed by atoms with E-state index in [4.69, 9.17) is 9.47 Å². The van der Waals surface area contributed by atoms with Gasteiger partial charge in [-0.1, -0.05) is 43.7 Å². The highest BCUT2D eigenvalue weighted by molar-refractivity contribution is 6.46. The first-order chi connectivity index (χ1) is 16.8. The molecular weight excluding hydrogens is 444 g/mol. The molecule has 2 aromatic rings. The van der Waals surface area contributed by atoms with Crippen LogP contribution in [0.5, 0.6) is 5.75 Å². The zero-order valence-electron chi connectivity index (χ0n) is 20.7. The average molecular weight is 479 g/mol. The molecule has 0 bridgehead atoms. The van der Waals surface area contributed by atoms with Crippen molar-refractivity contribution < 1.29 is 24.2 Å². The summed E-state index contributed by atoms with van der Waals surface area (Å²) in [6.07, 6.45) is 0. The predicted octanol–water partition coefficient (Wildman–Crippen LogP) is 3.78. The lowest BCUT2D eigenvalue weighted by molar-refractivity contribution is -0.140. The first-order valence-electron chi connectivity index (χ1n) is 12.2. The second-order valence-corrected chi connectivity index (χ2v) is 9.59. The van der Waals surface area contributed by atoms with Gasteiger partial charge in [-0.2, -0.15) is 0 Å². The maximum absolute atomic E-state index is 13.2. The molecule has 0 aliphatic carbocycles. The second-order valence-electron chi connectivity index (χ2n) is 9.59. The molecule has 0 saturated carbocycles. The summed E-state index contributed by atoms with van der Waals surface area (Å²) in [5.74, 6) is -0.321. The van der Waals surface area contributed by atoms with Crippen LogP contribution in [0.15, 0.2) is 54.1 Å². The van der Waals surface area contributed by atoms with Crippen LogP contribution in [0.4, 0.5) is 0 Å². The van der Waals surface area contributed by atoms with Crippen molar-refractivity contribution in [3.8, 4) is 5.75 Å². The quantitative estimate of drug-likeness (QED) is 0.353. The molecule has 1 unspecified atom stereocenters. The molecule has 2 aromatic carbocycles. The Kier molecular flexibility index (Phi) is 7.88. The summed E-state index contributed by atoms with van der Waals surface area (Å²) >= 11 is 0. The molecule has 7 heteroatoms. The fraction of sp³-hybridized carbons (Fsp3) is 0.429. The van der Waals surface area contributed by atoms with Crippen molar-refractivity contribution in [3.63, 3.8) is 0 Å². The summed E-state index contributed by atoms with van der Waals surface area (Å²) in [6, 6.07) is 14.1. The lowest BCUT2D eigenvalue weighted by Gasteiger charge is -2.31. The topological polar surface area (TPSA) is 79.3 Å². The van der Waals surface area contributed by atoms with Gasteiger partial charge in [0.1, 0.15) is 11.5 Å². The van der Waals surface area contributed by atoms with Crippen LogP contribution >= 0.6 is 0 Å². The van der Waals surface area contributed by atoms with E-state index in [1.165, 1.54) is 0 Å². The Morgan fingerprint density at radius 2 is 1.69 bits per heavy atom. The van der Waals surface area contributed by atoms with E-state index in [0.29, 0.717) is 50.1 Å². The standard InChI is InChI=1S/C28H34N2O5/c1-19(2)18-35-23-10-8-22(9-11-23)26(31)24-25(21-6-4-20(3)5-7-21)30(28(33)27(24)32)13-12-29-14-16-34-17-15-29/h4-11,19,25,31H,12-18H2,1-3H3. The number of ketones is 1. The third-order valence-electron chi connectivity index (χ3n) is 6.40. The summed E-state index contributed by atoms with van der Waals surface area (Å²) in [5, 5.41) is 11.3. The molecule has 0 radical (unpaired) electrons. The minimum absolute atomic E-state index is 0.122. The molecule has 1 amide bonds. The van der Waals surface area contributed by atoms with Gasteiger partial charge in [-0.15, -0.1) is 0 Å². The van der Waals surface area contributed by atoms with E-state index in [0.717, 1.165) is 24.2 Å². The van der Waals surface area contributed by atoms with Crippen molar-refractivity contribution in [1.82, 2.24) is 9.80 Å². The first kappa shape index (κ1) is 24.9. The Labute approximate surface area is 206 Å². The molecular formula is C28H34N2O5. The van der Waals surface area contributed by atoms with Crippen molar-refractivity contribution in [2.24, 2.45) is 5.92 Å². The highest BCUT2D eigenvalue weighted by Crippen LogP contribution is 2.39. The second kappa shape index (κ2) is 11.1. The zero-order valence-corrected chi connectivity index (χ0v) is 20.7. The minimum Gasteiger partial charge on any atom is -0.507 e. The summed E-state index contributed by atoms with van der Waals surface area (Å²) in [6.45, 7) is 10.7. The first-order valence-corrected chi connectivity index (χ1v) is 12.2. The van der Waals surface area contributed by atoms with Crippen molar-refractivity contribution in [3.05, 3.63) is 70.8 Å². The molecule has 0 aromatic heterocycles. The van der Waals surface area contributed by atoms with E-state index in [-0.39, 0.29) is 11.3 Å². The number of amides is 1. The summed E-state index contributed by atoms with van der Waals surface area (Å²) in [5.41, 5.74) is 2.48. The Morgan fingerprint density at radius 3 is 2.31 bits per heavy atom. The van der Waals surface area contributed by atoms with Gasteiger partial charge in [0.25, 0.3) is 11.7 Å². The Hall–Kier alpha value is -3.16. The summed E-state index contributed by atoms with van der Waals surface area (Å²) < 4.78 is 11.2. The van der Waals surface area contributed by atoms with Gasteiger partial charge in [0.05, 0.1) is 31.4 Å².